The third-order valence-electron chi connectivity index (χ3n) is 1.66. The van der Waals surface area contributed by atoms with Crippen molar-refractivity contribution >= 4 is 38.4 Å². The summed E-state index contributed by atoms with van der Waals surface area (Å²) in [5.74, 6) is -0.00252. The number of nitrogens with zero attached hydrogens (tertiary/aromatic N) is 1. The molecule has 0 unspecified atom stereocenters. The maximum absolute atomic E-state index is 11.6. The van der Waals surface area contributed by atoms with Crippen LogP contribution in [0.15, 0.2) is 27.3 Å². The minimum Gasteiger partial charge on any atom is -0.444 e. The smallest absolute Gasteiger partial charge is 0.292 e. The molecule has 15 heavy (non-hydrogen) atoms. The lowest BCUT2D eigenvalue weighted by Crippen LogP contribution is -2.09. The van der Waals surface area contributed by atoms with Gasteiger partial charge in [0.2, 0.25) is 0 Å². The molecule has 0 aliphatic rings. The van der Waals surface area contributed by atoms with Crippen molar-refractivity contribution < 1.29 is 9.21 Å². The zero-order valence-corrected chi connectivity index (χ0v) is 10.2. The van der Waals surface area contributed by atoms with E-state index in [1.165, 1.54) is 11.5 Å². The molecule has 0 bridgehead atoms. The van der Waals surface area contributed by atoms with Crippen LogP contribution in [-0.2, 0) is 0 Å². The molecule has 0 fully saturated rings. The third kappa shape index (κ3) is 2.45. The van der Waals surface area contributed by atoms with Crippen molar-refractivity contribution in [3.05, 3.63) is 34.3 Å². The van der Waals surface area contributed by atoms with Crippen LogP contribution in [0.2, 0.25) is 0 Å². The van der Waals surface area contributed by atoms with Crippen molar-refractivity contribution in [2.75, 3.05) is 5.32 Å². The van der Waals surface area contributed by atoms with E-state index in [1.807, 2.05) is 6.92 Å². The van der Waals surface area contributed by atoms with Gasteiger partial charge in [-0.25, -0.2) is 0 Å². The SMILES string of the molecule is Cc1cc(NC(=O)c2ccc(Br)o2)sn1. The van der Waals surface area contributed by atoms with Gasteiger partial charge in [0, 0.05) is 0 Å². The van der Waals surface area contributed by atoms with Crippen LogP contribution in [0, 0.1) is 6.92 Å². The number of halogens is 1. The van der Waals surface area contributed by atoms with E-state index in [0.29, 0.717) is 9.67 Å². The molecule has 0 aromatic carbocycles. The van der Waals surface area contributed by atoms with Crippen molar-refractivity contribution in [1.29, 1.82) is 0 Å². The van der Waals surface area contributed by atoms with Gasteiger partial charge in [-0.05, 0) is 52.6 Å². The van der Waals surface area contributed by atoms with Crippen molar-refractivity contribution in [1.82, 2.24) is 4.37 Å². The predicted molar refractivity (Wildman–Crippen MR) is 61.2 cm³/mol. The molecule has 0 radical (unpaired) electrons. The van der Waals surface area contributed by atoms with Crippen molar-refractivity contribution in [2.24, 2.45) is 0 Å². The molecule has 6 heteroatoms. The number of hydrogen-bond donors (Lipinski definition) is 1. The molecule has 0 aliphatic heterocycles. The number of furan rings is 1. The van der Waals surface area contributed by atoms with Gasteiger partial charge in [0.05, 0.1) is 5.69 Å². The Bertz CT molecular complexity index is 492. The summed E-state index contributed by atoms with van der Waals surface area (Å²) in [4.78, 5) is 11.6. The lowest BCUT2D eigenvalue weighted by atomic mass is 10.4. The fraction of sp³-hybridized carbons (Fsp3) is 0.111. The van der Waals surface area contributed by atoms with E-state index < -0.39 is 0 Å². The van der Waals surface area contributed by atoms with E-state index in [9.17, 15) is 4.79 Å². The van der Waals surface area contributed by atoms with Crippen molar-refractivity contribution in [2.45, 2.75) is 6.92 Å². The molecule has 0 aliphatic carbocycles. The molecule has 78 valence electrons. The van der Waals surface area contributed by atoms with E-state index in [-0.39, 0.29) is 11.7 Å². The average Bonchev–Trinajstić information content (AvgIpc) is 2.75. The van der Waals surface area contributed by atoms with Crippen LogP contribution in [0.3, 0.4) is 0 Å². The fourth-order valence-corrected chi connectivity index (χ4v) is 2.00. The van der Waals surface area contributed by atoms with E-state index in [4.69, 9.17) is 4.42 Å². The maximum atomic E-state index is 11.6. The first kappa shape index (κ1) is 10.4. The zero-order chi connectivity index (χ0) is 10.8. The molecule has 1 amide bonds. The number of anilines is 1. The van der Waals surface area contributed by atoms with E-state index in [2.05, 4.69) is 25.6 Å². The Hall–Kier alpha value is -1.14. The number of nitrogens with one attached hydrogen (secondary N) is 1. The van der Waals surface area contributed by atoms with Crippen LogP contribution in [0.25, 0.3) is 0 Å². The minimum atomic E-state index is -0.274. The van der Waals surface area contributed by atoms with Crippen molar-refractivity contribution in [3.8, 4) is 0 Å². The summed E-state index contributed by atoms with van der Waals surface area (Å²) in [6.45, 7) is 1.87. The first-order chi connectivity index (χ1) is 7.15. The zero-order valence-electron chi connectivity index (χ0n) is 7.78. The van der Waals surface area contributed by atoms with Gasteiger partial charge in [0.15, 0.2) is 10.4 Å². The monoisotopic (exact) mass is 286 g/mol. The number of rotatable bonds is 2. The first-order valence-corrected chi connectivity index (χ1v) is 5.72. The summed E-state index contributed by atoms with van der Waals surface area (Å²) in [6, 6.07) is 5.08. The van der Waals surface area contributed by atoms with Crippen LogP contribution in [0.4, 0.5) is 5.00 Å². The summed E-state index contributed by atoms with van der Waals surface area (Å²) >= 11 is 4.38. The summed E-state index contributed by atoms with van der Waals surface area (Å²) in [7, 11) is 0. The lowest BCUT2D eigenvalue weighted by molar-refractivity contribution is 0.0996. The van der Waals surface area contributed by atoms with Gasteiger partial charge in [-0.3, -0.25) is 4.79 Å². The maximum Gasteiger partial charge on any atom is 0.292 e. The molecular weight excluding hydrogens is 280 g/mol. The first-order valence-electron chi connectivity index (χ1n) is 4.15. The van der Waals surface area contributed by atoms with Gasteiger partial charge >= 0.3 is 0 Å². The Kier molecular flexibility index (Phi) is 2.88. The molecule has 2 aromatic rings. The second kappa shape index (κ2) is 4.16. The predicted octanol–water partition coefficient (Wildman–Crippen LogP) is 3.06. The molecular formula is C9H7BrN2O2S. The Labute approximate surface area is 98.6 Å². The molecule has 0 spiro atoms. The average molecular weight is 287 g/mol. The Balaban J connectivity index is 2.10. The summed E-state index contributed by atoms with van der Waals surface area (Å²) in [6.07, 6.45) is 0. The number of carbonyl (C=O) groups is 1. The van der Waals surface area contributed by atoms with Crippen LogP contribution >= 0.6 is 27.5 Å². The number of hydrogen-bond acceptors (Lipinski definition) is 4. The standard InChI is InChI=1S/C9H7BrN2O2S/c1-5-4-8(15-12-5)11-9(13)6-2-3-7(10)14-6/h2-4H,1H3,(H,11,13). The second-order valence-corrected chi connectivity index (χ2v) is 4.48. The normalized spacial score (nSPS) is 10.3. The van der Waals surface area contributed by atoms with E-state index in [1.54, 1.807) is 18.2 Å². The molecule has 2 rings (SSSR count). The van der Waals surface area contributed by atoms with Gasteiger partial charge in [0.1, 0.15) is 5.00 Å². The van der Waals surface area contributed by atoms with Crippen LogP contribution in [0.5, 0.6) is 0 Å². The largest absolute Gasteiger partial charge is 0.444 e. The van der Waals surface area contributed by atoms with E-state index in [0.717, 1.165) is 5.69 Å². The Morgan fingerprint density at radius 2 is 2.40 bits per heavy atom. The summed E-state index contributed by atoms with van der Waals surface area (Å²) < 4.78 is 9.70. The van der Waals surface area contributed by atoms with Crippen LogP contribution in [-0.4, -0.2) is 10.3 Å². The number of carbonyl (C=O) groups excluding carboxylic acids is 1. The second-order valence-electron chi connectivity index (χ2n) is 2.89. The van der Waals surface area contributed by atoms with Crippen LogP contribution in [0.1, 0.15) is 16.2 Å². The van der Waals surface area contributed by atoms with Crippen LogP contribution < -0.4 is 5.32 Å². The Morgan fingerprint density at radius 1 is 1.60 bits per heavy atom. The van der Waals surface area contributed by atoms with Gasteiger partial charge in [-0.2, -0.15) is 4.37 Å². The number of amides is 1. The highest BCUT2D eigenvalue weighted by Gasteiger charge is 2.11. The highest BCUT2D eigenvalue weighted by molar-refractivity contribution is 9.10. The van der Waals surface area contributed by atoms with Gasteiger partial charge in [-0.15, -0.1) is 0 Å². The molecule has 2 aromatic heterocycles. The highest BCUT2D eigenvalue weighted by atomic mass is 79.9. The molecule has 2 heterocycles. The van der Waals surface area contributed by atoms with E-state index >= 15 is 0 Å². The minimum absolute atomic E-state index is 0.271. The van der Waals surface area contributed by atoms with Gasteiger partial charge < -0.3 is 9.73 Å². The molecule has 0 atom stereocenters. The van der Waals surface area contributed by atoms with Gasteiger partial charge in [0.25, 0.3) is 5.91 Å². The highest BCUT2D eigenvalue weighted by Crippen LogP contribution is 2.19. The topological polar surface area (TPSA) is 55.1 Å². The summed E-state index contributed by atoms with van der Waals surface area (Å²) in [5.41, 5.74) is 0.885. The molecule has 0 saturated heterocycles. The molecule has 1 N–H and O–H groups in total. The number of aryl methyl sites for hydroxylation is 1. The third-order valence-corrected chi connectivity index (χ3v) is 2.88. The lowest BCUT2D eigenvalue weighted by Gasteiger charge is -1.96. The Morgan fingerprint density at radius 3 is 2.93 bits per heavy atom. The molecule has 0 saturated carbocycles. The van der Waals surface area contributed by atoms with Gasteiger partial charge in [-0.1, -0.05) is 0 Å². The quantitative estimate of drug-likeness (QED) is 0.923. The fourth-order valence-electron chi connectivity index (χ4n) is 1.03. The molecule has 4 nitrogen and oxygen atoms in total. The summed E-state index contributed by atoms with van der Waals surface area (Å²) in [5, 5.41) is 3.41. The number of aromatic nitrogens is 1. The van der Waals surface area contributed by atoms with Crippen molar-refractivity contribution in [3.63, 3.8) is 0 Å².